The molecule has 178 valence electrons. The molecule has 2 aromatic rings. The van der Waals surface area contributed by atoms with Gasteiger partial charge in [-0.15, -0.1) is 0 Å². The van der Waals surface area contributed by atoms with Crippen molar-refractivity contribution in [2.75, 3.05) is 51.8 Å². The van der Waals surface area contributed by atoms with Crippen molar-refractivity contribution in [3.63, 3.8) is 0 Å². The minimum absolute atomic E-state index is 0.0469. The van der Waals surface area contributed by atoms with Gasteiger partial charge in [-0.05, 0) is 35.9 Å². The molecule has 2 aromatic carbocycles. The summed E-state index contributed by atoms with van der Waals surface area (Å²) < 4.78 is 11.1. The van der Waals surface area contributed by atoms with E-state index in [1.54, 1.807) is 26.4 Å². The SMILES string of the molecule is COc1ccc(C=C2SC(=S)N(CCC(=O)N3CCN(c4ccccc4)CC3)C2=O)cc1OC. The number of anilines is 1. The summed E-state index contributed by atoms with van der Waals surface area (Å²) in [6, 6.07) is 15.7. The summed E-state index contributed by atoms with van der Waals surface area (Å²) in [4.78, 5) is 31.9. The predicted octanol–water partition coefficient (Wildman–Crippen LogP) is 3.64. The van der Waals surface area contributed by atoms with Crippen molar-refractivity contribution in [2.24, 2.45) is 0 Å². The summed E-state index contributed by atoms with van der Waals surface area (Å²) in [5.74, 6) is 1.08. The molecule has 2 saturated heterocycles. The Balaban J connectivity index is 1.32. The molecule has 0 radical (unpaired) electrons. The van der Waals surface area contributed by atoms with Crippen LogP contribution in [-0.2, 0) is 9.59 Å². The Morgan fingerprint density at radius 3 is 2.41 bits per heavy atom. The van der Waals surface area contributed by atoms with Crippen LogP contribution in [0.2, 0.25) is 0 Å². The number of amides is 2. The van der Waals surface area contributed by atoms with E-state index >= 15 is 0 Å². The second-order valence-electron chi connectivity index (χ2n) is 7.90. The number of benzene rings is 2. The molecule has 0 atom stereocenters. The summed E-state index contributed by atoms with van der Waals surface area (Å²) in [5.41, 5.74) is 1.99. The number of nitrogens with zero attached hydrogens (tertiary/aromatic N) is 3. The second-order valence-corrected chi connectivity index (χ2v) is 9.58. The number of ether oxygens (including phenoxy) is 2. The van der Waals surface area contributed by atoms with Gasteiger partial charge >= 0.3 is 0 Å². The molecule has 0 N–H and O–H groups in total. The first kappa shape index (κ1) is 24.1. The molecule has 0 unspecified atom stereocenters. The highest BCUT2D eigenvalue weighted by atomic mass is 32.2. The lowest BCUT2D eigenvalue weighted by Gasteiger charge is -2.36. The molecule has 2 amide bonds. The average Bonchev–Trinajstić information content (AvgIpc) is 3.14. The molecule has 0 saturated carbocycles. The van der Waals surface area contributed by atoms with Crippen molar-refractivity contribution in [1.29, 1.82) is 0 Å². The van der Waals surface area contributed by atoms with E-state index in [1.807, 2.05) is 35.2 Å². The standard InChI is InChI=1S/C25H27N3O4S2/c1-31-20-9-8-18(16-21(20)32-2)17-22-24(30)28(25(33)34-22)11-10-23(29)27-14-12-26(13-15-27)19-6-4-3-5-7-19/h3-9,16-17H,10-15H2,1-2H3. The van der Waals surface area contributed by atoms with Crippen LogP contribution < -0.4 is 14.4 Å². The van der Waals surface area contributed by atoms with E-state index in [1.165, 1.54) is 22.3 Å². The number of rotatable bonds is 7. The third kappa shape index (κ3) is 5.37. The number of piperazine rings is 1. The third-order valence-electron chi connectivity index (χ3n) is 5.88. The number of carbonyl (C=O) groups is 2. The van der Waals surface area contributed by atoms with Crippen LogP contribution in [0.4, 0.5) is 5.69 Å². The van der Waals surface area contributed by atoms with Gasteiger partial charge in [0.1, 0.15) is 4.32 Å². The highest BCUT2D eigenvalue weighted by Crippen LogP contribution is 2.34. The van der Waals surface area contributed by atoms with Crippen LogP contribution in [0.1, 0.15) is 12.0 Å². The zero-order chi connectivity index (χ0) is 24.1. The summed E-state index contributed by atoms with van der Waals surface area (Å²) >= 11 is 6.68. The van der Waals surface area contributed by atoms with E-state index in [4.69, 9.17) is 21.7 Å². The molecule has 0 aliphatic carbocycles. The largest absolute Gasteiger partial charge is 0.493 e. The highest BCUT2D eigenvalue weighted by molar-refractivity contribution is 8.26. The fraction of sp³-hybridized carbons (Fsp3) is 0.320. The second kappa shape index (κ2) is 10.9. The molecule has 7 nitrogen and oxygen atoms in total. The van der Waals surface area contributed by atoms with Gasteiger partial charge < -0.3 is 19.3 Å². The van der Waals surface area contributed by atoms with E-state index < -0.39 is 0 Å². The van der Waals surface area contributed by atoms with Crippen LogP contribution in [0, 0.1) is 0 Å². The Kier molecular flexibility index (Phi) is 7.74. The van der Waals surface area contributed by atoms with Crippen molar-refractivity contribution in [1.82, 2.24) is 9.80 Å². The Bertz CT molecular complexity index is 1100. The Labute approximate surface area is 209 Å². The first-order valence-electron chi connectivity index (χ1n) is 11.1. The molecule has 0 bridgehead atoms. The van der Waals surface area contributed by atoms with Gasteiger partial charge in [0, 0.05) is 44.8 Å². The quantitative estimate of drug-likeness (QED) is 0.428. The van der Waals surface area contributed by atoms with E-state index in [-0.39, 0.29) is 24.8 Å². The van der Waals surface area contributed by atoms with Crippen LogP contribution >= 0.6 is 24.0 Å². The fourth-order valence-corrected chi connectivity index (χ4v) is 5.31. The maximum absolute atomic E-state index is 12.9. The van der Waals surface area contributed by atoms with Crippen molar-refractivity contribution >= 4 is 51.9 Å². The fourth-order valence-electron chi connectivity index (χ4n) is 4.01. The smallest absolute Gasteiger partial charge is 0.266 e. The van der Waals surface area contributed by atoms with Crippen molar-refractivity contribution < 1.29 is 19.1 Å². The van der Waals surface area contributed by atoms with Gasteiger partial charge in [-0.1, -0.05) is 48.2 Å². The van der Waals surface area contributed by atoms with Gasteiger partial charge in [-0.2, -0.15) is 0 Å². The van der Waals surface area contributed by atoms with Gasteiger partial charge in [0.15, 0.2) is 11.5 Å². The number of thiocarbonyl (C=S) groups is 1. The summed E-state index contributed by atoms with van der Waals surface area (Å²) in [5, 5.41) is 0. The number of hydrogen-bond acceptors (Lipinski definition) is 7. The lowest BCUT2D eigenvalue weighted by Crippen LogP contribution is -2.49. The molecule has 9 heteroatoms. The van der Waals surface area contributed by atoms with Gasteiger partial charge in [0.2, 0.25) is 5.91 Å². The molecular formula is C25H27N3O4S2. The number of carbonyl (C=O) groups excluding carboxylic acids is 2. The third-order valence-corrected chi connectivity index (χ3v) is 7.26. The monoisotopic (exact) mass is 497 g/mol. The zero-order valence-corrected chi connectivity index (χ0v) is 20.9. The number of para-hydroxylation sites is 1. The lowest BCUT2D eigenvalue weighted by molar-refractivity contribution is -0.132. The average molecular weight is 498 g/mol. The minimum Gasteiger partial charge on any atom is -0.493 e. The van der Waals surface area contributed by atoms with Crippen LogP contribution in [0.3, 0.4) is 0 Å². The summed E-state index contributed by atoms with van der Waals surface area (Å²) in [6.07, 6.45) is 2.04. The molecule has 0 spiro atoms. The molecule has 2 fully saturated rings. The summed E-state index contributed by atoms with van der Waals surface area (Å²) in [7, 11) is 3.15. The maximum atomic E-state index is 12.9. The van der Waals surface area contributed by atoms with Crippen molar-refractivity contribution in [3.05, 3.63) is 59.0 Å². The van der Waals surface area contributed by atoms with Crippen molar-refractivity contribution in [2.45, 2.75) is 6.42 Å². The molecule has 2 heterocycles. The Morgan fingerprint density at radius 1 is 1.03 bits per heavy atom. The van der Waals surface area contributed by atoms with Gasteiger partial charge in [0.05, 0.1) is 19.1 Å². The van der Waals surface area contributed by atoms with Crippen LogP contribution in [0.15, 0.2) is 53.4 Å². The normalized spacial score (nSPS) is 17.5. The lowest BCUT2D eigenvalue weighted by atomic mass is 10.2. The van der Waals surface area contributed by atoms with Crippen LogP contribution in [0.5, 0.6) is 11.5 Å². The van der Waals surface area contributed by atoms with Crippen LogP contribution in [-0.4, -0.2) is 72.9 Å². The molecule has 2 aliphatic rings. The minimum atomic E-state index is -0.175. The summed E-state index contributed by atoms with van der Waals surface area (Å²) in [6.45, 7) is 3.22. The highest BCUT2D eigenvalue weighted by Gasteiger charge is 2.33. The molecule has 0 aromatic heterocycles. The van der Waals surface area contributed by atoms with Gasteiger partial charge in [0.25, 0.3) is 5.91 Å². The van der Waals surface area contributed by atoms with E-state index in [2.05, 4.69) is 17.0 Å². The molecule has 4 rings (SSSR count). The predicted molar refractivity (Wildman–Crippen MR) is 139 cm³/mol. The van der Waals surface area contributed by atoms with Crippen molar-refractivity contribution in [3.8, 4) is 11.5 Å². The first-order valence-corrected chi connectivity index (χ1v) is 12.3. The first-order chi connectivity index (χ1) is 16.5. The van der Waals surface area contributed by atoms with E-state index in [0.29, 0.717) is 33.8 Å². The molecule has 34 heavy (non-hydrogen) atoms. The van der Waals surface area contributed by atoms with E-state index in [9.17, 15) is 9.59 Å². The number of thioether (sulfide) groups is 1. The van der Waals surface area contributed by atoms with Gasteiger partial charge in [-0.3, -0.25) is 14.5 Å². The number of methoxy groups -OCH3 is 2. The van der Waals surface area contributed by atoms with E-state index in [0.717, 1.165) is 18.7 Å². The van der Waals surface area contributed by atoms with Gasteiger partial charge in [-0.25, -0.2) is 0 Å². The molecular weight excluding hydrogens is 470 g/mol. The van der Waals surface area contributed by atoms with Crippen LogP contribution in [0.25, 0.3) is 6.08 Å². The topological polar surface area (TPSA) is 62.3 Å². The Morgan fingerprint density at radius 2 is 1.74 bits per heavy atom. The maximum Gasteiger partial charge on any atom is 0.266 e. The Hall–Kier alpha value is -3.04. The molecule has 2 aliphatic heterocycles. The number of hydrogen-bond donors (Lipinski definition) is 0. The zero-order valence-electron chi connectivity index (χ0n) is 19.2.